The number of hydrogen-bond acceptors (Lipinski definition) is 4. The van der Waals surface area contributed by atoms with Crippen LogP contribution in [-0.2, 0) is 14.0 Å². The quantitative estimate of drug-likeness (QED) is 0.659. The molecule has 0 aliphatic carbocycles. The minimum absolute atomic E-state index is 0.0409. The van der Waals surface area contributed by atoms with Crippen molar-refractivity contribution in [1.29, 1.82) is 0 Å². The van der Waals surface area contributed by atoms with Crippen LogP contribution in [0.1, 0.15) is 41.0 Å². The van der Waals surface area contributed by atoms with Crippen molar-refractivity contribution in [1.82, 2.24) is 4.90 Å². The van der Waals surface area contributed by atoms with Crippen LogP contribution in [0.2, 0.25) is 0 Å². The highest BCUT2D eigenvalue weighted by Crippen LogP contribution is 2.42. The summed E-state index contributed by atoms with van der Waals surface area (Å²) in [6.45, 7) is 12.0. The summed E-state index contributed by atoms with van der Waals surface area (Å²) in [4.78, 5) is 2.02. The fourth-order valence-corrected chi connectivity index (χ4v) is 1.37. The maximum Gasteiger partial charge on any atom is 0.262 e. The molecule has 114 valence electrons. The van der Waals surface area contributed by atoms with Crippen molar-refractivity contribution in [2.24, 2.45) is 0 Å². The maximum absolute atomic E-state index is 11.7. The molecule has 0 aliphatic rings. The lowest BCUT2D eigenvalue weighted by molar-refractivity contribution is -0.0134. The molecule has 0 aromatic rings. The molecule has 0 aromatic carbocycles. The van der Waals surface area contributed by atoms with Crippen LogP contribution in [-0.4, -0.2) is 44.7 Å². The molecule has 0 spiro atoms. The zero-order chi connectivity index (χ0) is 15.2. The van der Waals surface area contributed by atoms with Crippen molar-refractivity contribution in [2.45, 2.75) is 47.1 Å². The molecule has 0 fully saturated rings. The lowest BCUT2D eigenvalue weighted by atomic mass is 10.3. The first-order valence-corrected chi connectivity index (χ1v) is 8.76. The van der Waals surface area contributed by atoms with Crippen molar-refractivity contribution in [2.75, 3.05) is 33.7 Å². The molecule has 0 heterocycles. The molecular formula is C12H31FNO3P. The Morgan fingerprint density at radius 3 is 2.00 bits per heavy atom. The zero-order valence-electron chi connectivity index (χ0n) is 13.2. The van der Waals surface area contributed by atoms with Gasteiger partial charge in [-0.05, 0) is 38.5 Å². The second-order valence-electron chi connectivity index (χ2n) is 3.78. The lowest BCUT2D eigenvalue weighted by Gasteiger charge is -2.17. The Morgan fingerprint density at radius 2 is 1.67 bits per heavy atom. The molecule has 0 bridgehead atoms. The van der Waals surface area contributed by atoms with E-state index in [-0.39, 0.29) is 12.5 Å². The van der Waals surface area contributed by atoms with Crippen molar-refractivity contribution in [3.8, 4) is 0 Å². The molecule has 0 N–H and O–H groups in total. The fraction of sp³-hybridized carbons (Fsp3) is 1.00. The summed E-state index contributed by atoms with van der Waals surface area (Å²) in [5.74, 6) is 0. The predicted molar refractivity (Wildman–Crippen MR) is 77.0 cm³/mol. The normalized spacial score (nSPS) is 14.8. The standard InChI is InChI=1S/C8H19FNO3P.2C2H6/c1-8(5-6-10(2)3)12-7-14(4,11)13-9;2*1-2/h8H,5-7H2,1-4H3;2*1-2H3. The van der Waals surface area contributed by atoms with Gasteiger partial charge in [0.15, 0.2) is 0 Å². The van der Waals surface area contributed by atoms with Gasteiger partial charge in [0.05, 0.1) is 6.10 Å². The van der Waals surface area contributed by atoms with Gasteiger partial charge in [-0.2, -0.15) is 0 Å². The van der Waals surface area contributed by atoms with E-state index in [9.17, 15) is 9.09 Å². The van der Waals surface area contributed by atoms with Gasteiger partial charge in [0, 0.05) is 6.66 Å². The van der Waals surface area contributed by atoms with Crippen molar-refractivity contribution in [3.63, 3.8) is 0 Å². The molecule has 0 rings (SSSR count). The molecule has 0 saturated carbocycles. The third kappa shape index (κ3) is 18.4. The average Bonchev–Trinajstić information content (AvgIpc) is 2.39. The summed E-state index contributed by atoms with van der Waals surface area (Å²) >= 11 is 0. The predicted octanol–water partition coefficient (Wildman–Crippen LogP) is 4.16. The summed E-state index contributed by atoms with van der Waals surface area (Å²) in [5, 5.41) is 0. The van der Waals surface area contributed by atoms with Crippen LogP contribution in [0.4, 0.5) is 4.53 Å². The Balaban J connectivity index is -0.000000506. The molecule has 4 nitrogen and oxygen atoms in total. The molecule has 18 heavy (non-hydrogen) atoms. The second kappa shape index (κ2) is 15.1. The third-order valence-corrected chi connectivity index (χ3v) is 2.63. The summed E-state index contributed by atoms with van der Waals surface area (Å²) in [6.07, 6.45) is 0.609. The molecular weight excluding hydrogens is 256 g/mol. The minimum atomic E-state index is -3.18. The first-order valence-electron chi connectivity index (χ1n) is 6.50. The van der Waals surface area contributed by atoms with E-state index in [1.165, 1.54) is 6.66 Å². The summed E-state index contributed by atoms with van der Waals surface area (Å²) in [5.41, 5.74) is 0. The Labute approximate surface area is 112 Å². The number of rotatable bonds is 7. The molecule has 0 aromatic heterocycles. The van der Waals surface area contributed by atoms with E-state index in [1.54, 1.807) is 0 Å². The van der Waals surface area contributed by atoms with Crippen molar-refractivity contribution < 1.29 is 18.6 Å². The van der Waals surface area contributed by atoms with Crippen LogP contribution in [0.15, 0.2) is 0 Å². The van der Waals surface area contributed by atoms with E-state index < -0.39 is 7.37 Å². The Morgan fingerprint density at radius 1 is 1.22 bits per heavy atom. The van der Waals surface area contributed by atoms with Crippen molar-refractivity contribution in [3.05, 3.63) is 0 Å². The summed E-state index contributed by atoms with van der Waals surface area (Å²) in [6, 6.07) is 0. The Hall–Kier alpha value is 0.0400. The third-order valence-electron chi connectivity index (χ3n) is 1.72. The van der Waals surface area contributed by atoms with Crippen LogP contribution in [0.25, 0.3) is 0 Å². The van der Waals surface area contributed by atoms with Crippen LogP contribution in [0.3, 0.4) is 0 Å². The van der Waals surface area contributed by atoms with Gasteiger partial charge in [0.2, 0.25) is 0 Å². The van der Waals surface area contributed by atoms with Crippen molar-refractivity contribution >= 4 is 7.37 Å². The first kappa shape index (κ1) is 23.2. The minimum Gasteiger partial charge on any atom is -0.368 e. The van der Waals surface area contributed by atoms with Crippen LogP contribution < -0.4 is 0 Å². The van der Waals surface area contributed by atoms with Gasteiger partial charge in [0.25, 0.3) is 7.37 Å². The number of ether oxygens (including phenoxy) is 1. The van der Waals surface area contributed by atoms with E-state index in [1.807, 2.05) is 53.6 Å². The van der Waals surface area contributed by atoms with E-state index in [4.69, 9.17) is 4.74 Å². The molecule has 6 heteroatoms. The first-order chi connectivity index (χ1) is 8.37. The topological polar surface area (TPSA) is 38.8 Å². The molecule has 0 amide bonds. The number of halogens is 1. The van der Waals surface area contributed by atoms with E-state index in [0.29, 0.717) is 0 Å². The largest absolute Gasteiger partial charge is 0.368 e. The second-order valence-corrected chi connectivity index (χ2v) is 6.21. The highest BCUT2D eigenvalue weighted by Gasteiger charge is 2.18. The van der Waals surface area contributed by atoms with Gasteiger partial charge in [-0.1, -0.05) is 27.7 Å². The van der Waals surface area contributed by atoms with Gasteiger partial charge < -0.3 is 9.64 Å². The van der Waals surface area contributed by atoms with Gasteiger partial charge in [-0.3, -0.25) is 4.57 Å². The van der Waals surface area contributed by atoms with Gasteiger partial charge in [-0.25, -0.2) is 0 Å². The zero-order valence-corrected chi connectivity index (χ0v) is 14.1. The van der Waals surface area contributed by atoms with E-state index in [0.717, 1.165) is 13.0 Å². The molecule has 0 saturated heterocycles. The SMILES string of the molecule is CC.CC.CC(CCN(C)C)OCP(C)(=O)OF. The Bertz CT molecular complexity index is 204. The van der Waals surface area contributed by atoms with E-state index >= 15 is 0 Å². The molecule has 0 radical (unpaired) electrons. The van der Waals surface area contributed by atoms with Gasteiger partial charge in [-0.15, -0.1) is 4.73 Å². The van der Waals surface area contributed by atoms with Crippen LogP contribution in [0.5, 0.6) is 0 Å². The smallest absolute Gasteiger partial charge is 0.262 e. The van der Waals surface area contributed by atoms with Gasteiger partial charge >= 0.3 is 0 Å². The number of nitrogens with zero attached hydrogens (tertiary/aromatic N) is 1. The van der Waals surface area contributed by atoms with E-state index in [2.05, 4.69) is 4.73 Å². The summed E-state index contributed by atoms with van der Waals surface area (Å²) < 4.78 is 31.3. The molecule has 2 unspecified atom stereocenters. The maximum atomic E-state index is 11.7. The number of hydrogen-bond donors (Lipinski definition) is 0. The highest BCUT2D eigenvalue weighted by molar-refractivity contribution is 7.57. The molecule has 2 atom stereocenters. The monoisotopic (exact) mass is 287 g/mol. The molecule has 0 aliphatic heterocycles. The highest BCUT2D eigenvalue weighted by atomic mass is 31.2. The van der Waals surface area contributed by atoms with Gasteiger partial charge in [0.1, 0.15) is 6.35 Å². The van der Waals surface area contributed by atoms with Crippen LogP contribution in [0, 0.1) is 0 Å². The fourth-order valence-electron chi connectivity index (χ4n) is 0.806. The van der Waals surface area contributed by atoms with Crippen LogP contribution >= 0.6 is 7.37 Å². The Kier molecular flexibility index (Phi) is 19.4. The lowest BCUT2D eigenvalue weighted by Crippen LogP contribution is -2.20. The summed E-state index contributed by atoms with van der Waals surface area (Å²) in [7, 11) is 0.744. The average molecular weight is 287 g/mol.